The summed E-state index contributed by atoms with van der Waals surface area (Å²) in [5.74, 6) is 1.18. The Morgan fingerprint density at radius 1 is 1.14 bits per heavy atom. The van der Waals surface area contributed by atoms with E-state index >= 15 is 0 Å². The fourth-order valence-electron chi connectivity index (χ4n) is 3.71. The van der Waals surface area contributed by atoms with Crippen molar-refractivity contribution < 1.29 is 14.3 Å². The Morgan fingerprint density at radius 2 is 1.86 bits per heavy atom. The smallest absolute Gasteiger partial charge is 0.225 e. The highest BCUT2D eigenvalue weighted by Gasteiger charge is 2.23. The minimum Gasteiger partial charge on any atom is -0.493 e. The maximum atomic E-state index is 12.5. The second kappa shape index (κ2) is 10.4. The summed E-state index contributed by atoms with van der Waals surface area (Å²) >= 11 is 1.60. The van der Waals surface area contributed by atoms with Gasteiger partial charge >= 0.3 is 0 Å². The molecule has 0 atom stereocenters. The van der Waals surface area contributed by atoms with E-state index in [0.717, 1.165) is 34.6 Å². The molecule has 0 spiro atoms. The van der Waals surface area contributed by atoms with Crippen molar-refractivity contribution in [1.29, 1.82) is 0 Å². The summed E-state index contributed by atoms with van der Waals surface area (Å²) in [5.41, 5.74) is 2.25. The van der Waals surface area contributed by atoms with Crippen LogP contribution in [0.5, 0.6) is 5.75 Å². The van der Waals surface area contributed by atoms with E-state index in [4.69, 9.17) is 4.74 Å². The molecule has 1 aromatic carbocycles. The summed E-state index contributed by atoms with van der Waals surface area (Å²) < 4.78 is 5.89. The maximum absolute atomic E-state index is 12.5. The Hall–Kier alpha value is -2.34. The van der Waals surface area contributed by atoms with E-state index in [1.165, 1.54) is 0 Å². The van der Waals surface area contributed by atoms with Crippen molar-refractivity contribution in [3.05, 3.63) is 51.7 Å². The predicted molar refractivity (Wildman–Crippen MR) is 116 cm³/mol. The van der Waals surface area contributed by atoms with E-state index < -0.39 is 0 Å². The summed E-state index contributed by atoms with van der Waals surface area (Å²) in [4.78, 5) is 27.6. The summed E-state index contributed by atoms with van der Waals surface area (Å²) in [5, 5.41) is 5.09. The van der Waals surface area contributed by atoms with Crippen molar-refractivity contribution in [2.75, 3.05) is 19.7 Å². The molecule has 0 radical (unpaired) electrons. The molecule has 1 fully saturated rings. The van der Waals surface area contributed by atoms with Crippen LogP contribution in [0.3, 0.4) is 0 Å². The molecular weight excluding hydrogens is 384 g/mol. The molecule has 1 aliphatic heterocycles. The molecule has 5 nitrogen and oxygen atoms in total. The van der Waals surface area contributed by atoms with E-state index in [9.17, 15) is 9.59 Å². The van der Waals surface area contributed by atoms with Gasteiger partial charge in [-0.25, -0.2) is 0 Å². The minimum absolute atomic E-state index is 0.0703. The number of hydrogen-bond donors (Lipinski definition) is 1. The van der Waals surface area contributed by atoms with Crippen LogP contribution in [0.2, 0.25) is 0 Å². The topological polar surface area (TPSA) is 58.6 Å². The molecule has 1 aromatic heterocycles. The monoisotopic (exact) mass is 414 g/mol. The normalized spacial score (nSPS) is 14.6. The highest BCUT2D eigenvalue weighted by Crippen LogP contribution is 2.22. The van der Waals surface area contributed by atoms with Gasteiger partial charge in [-0.3, -0.25) is 9.59 Å². The molecule has 3 rings (SSSR count). The van der Waals surface area contributed by atoms with Crippen molar-refractivity contribution in [3.8, 4) is 5.75 Å². The van der Waals surface area contributed by atoms with Gasteiger partial charge in [-0.15, -0.1) is 11.3 Å². The first-order valence-electron chi connectivity index (χ1n) is 10.3. The molecule has 0 unspecified atom stereocenters. The Balaban J connectivity index is 1.33. The zero-order valence-corrected chi connectivity index (χ0v) is 18.1. The number of nitrogens with zero attached hydrogens (tertiary/aromatic N) is 1. The molecule has 29 heavy (non-hydrogen) atoms. The van der Waals surface area contributed by atoms with Crippen LogP contribution in [0.4, 0.5) is 0 Å². The van der Waals surface area contributed by atoms with Gasteiger partial charge in [-0.2, -0.15) is 0 Å². The Kier molecular flexibility index (Phi) is 7.69. The van der Waals surface area contributed by atoms with Gasteiger partial charge in [0.15, 0.2) is 0 Å². The van der Waals surface area contributed by atoms with Crippen LogP contribution >= 0.6 is 11.3 Å². The number of para-hydroxylation sites is 1. The van der Waals surface area contributed by atoms with Gasteiger partial charge < -0.3 is 15.0 Å². The van der Waals surface area contributed by atoms with Crippen LogP contribution in [0.1, 0.15) is 41.7 Å². The molecule has 1 saturated heterocycles. The van der Waals surface area contributed by atoms with Crippen LogP contribution < -0.4 is 10.1 Å². The zero-order chi connectivity index (χ0) is 20.6. The molecule has 0 saturated carbocycles. The number of carbonyl (C=O) groups is 2. The fourth-order valence-corrected chi connectivity index (χ4v) is 4.41. The number of nitrogens with one attached hydrogen (secondary N) is 1. The molecule has 2 aromatic rings. The maximum Gasteiger partial charge on any atom is 0.225 e. The van der Waals surface area contributed by atoms with Gasteiger partial charge in [0, 0.05) is 30.4 Å². The number of thiophene rings is 1. The standard InChI is InChI=1S/C23H30N2O3S/c1-17-6-3-7-18(2)23(17)28-14-4-9-22(27)25-12-10-19(11-13-25)24-21(26)16-20-8-5-15-29-20/h3,5-8,15,19H,4,9-14,16H2,1-2H3,(H,24,26). The minimum atomic E-state index is 0.0703. The molecule has 2 heterocycles. The van der Waals surface area contributed by atoms with Crippen molar-refractivity contribution >= 4 is 23.2 Å². The third kappa shape index (κ3) is 6.32. The molecule has 6 heteroatoms. The van der Waals surface area contributed by atoms with Gasteiger partial charge in [-0.05, 0) is 55.7 Å². The molecular formula is C23H30N2O3S. The van der Waals surface area contributed by atoms with Crippen molar-refractivity contribution in [2.24, 2.45) is 0 Å². The lowest BCUT2D eigenvalue weighted by Crippen LogP contribution is -2.46. The first-order chi connectivity index (χ1) is 14.0. The van der Waals surface area contributed by atoms with E-state index in [2.05, 4.69) is 5.32 Å². The van der Waals surface area contributed by atoms with Gasteiger partial charge in [0.1, 0.15) is 5.75 Å². The second-order valence-electron chi connectivity index (χ2n) is 7.65. The quantitative estimate of drug-likeness (QED) is 0.667. The number of piperidine rings is 1. The highest BCUT2D eigenvalue weighted by atomic mass is 32.1. The Bertz CT molecular complexity index is 791. The lowest BCUT2D eigenvalue weighted by Gasteiger charge is -2.32. The van der Waals surface area contributed by atoms with E-state index in [1.807, 2.05) is 54.5 Å². The molecule has 156 valence electrons. The molecule has 0 bridgehead atoms. The van der Waals surface area contributed by atoms with Crippen LogP contribution in [-0.4, -0.2) is 42.5 Å². The molecule has 0 aliphatic carbocycles. The largest absolute Gasteiger partial charge is 0.493 e. The molecule has 1 aliphatic rings. The number of benzene rings is 1. The van der Waals surface area contributed by atoms with E-state index in [0.29, 0.717) is 39.0 Å². The Morgan fingerprint density at radius 3 is 2.52 bits per heavy atom. The number of rotatable bonds is 8. The van der Waals surface area contributed by atoms with E-state index in [-0.39, 0.29) is 17.9 Å². The van der Waals surface area contributed by atoms with Gasteiger partial charge in [0.25, 0.3) is 0 Å². The third-order valence-corrected chi connectivity index (χ3v) is 6.19. The van der Waals surface area contributed by atoms with Crippen LogP contribution in [0.15, 0.2) is 35.7 Å². The predicted octanol–water partition coefficient (Wildman–Crippen LogP) is 3.87. The summed E-state index contributed by atoms with van der Waals surface area (Å²) in [6.45, 7) is 6.04. The number of ether oxygens (including phenoxy) is 1. The number of likely N-dealkylation sites (tertiary alicyclic amines) is 1. The van der Waals surface area contributed by atoms with Crippen molar-refractivity contribution in [2.45, 2.75) is 52.0 Å². The number of carbonyl (C=O) groups excluding carboxylic acids is 2. The fraction of sp³-hybridized carbons (Fsp3) is 0.478. The van der Waals surface area contributed by atoms with Gasteiger partial charge in [-0.1, -0.05) is 24.3 Å². The number of hydrogen-bond acceptors (Lipinski definition) is 4. The first-order valence-corrected chi connectivity index (χ1v) is 11.2. The van der Waals surface area contributed by atoms with Gasteiger partial charge in [0.2, 0.25) is 11.8 Å². The van der Waals surface area contributed by atoms with Crippen molar-refractivity contribution in [1.82, 2.24) is 10.2 Å². The van der Waals surface area contributed by atoms with Crippen LogP contribution in [0, 0.1) is 13.8 Å². The molecule has 2 amide bonds. The lowest BCUT2D eigenvalue weighted by atomic mass is 10.0. The number of aryl methyl sites for hydroxylation is 2. The van der Waals surface area contributed by atoms with Gasteiger partial charge in [0.05, 0.1) is 13.0 Å². The third-order valence-electron chi connectivity index (χ3n) is 5.32. The number of amides is 2. The summed E-state index contributed by atoms with van der Waals surface area (Å²) in [6, 6.07) is 10.2. The van der Waals surface area contributed by atoms with E-state index in [1.54, 1.807) is 11.3 Å². The summed E-state index contributed by atoms with van der Waals surface area (Å²) in [7, 11) is 0. The highest BCUT2D eigenvalue weighted by molar-refractivity contribution is 7.10. The van der Waals surface area contributed by atoms with Crippen LogP contribution in [-0.2, 0) is 16.0 Å². The van der Waals surface area contributed by atoms with Crippen LogP contribution in [0.25, 0.3) is 0 Å². The summed E-state index contributed by atoms with van der Waals surface area (Å²) in [6.07, 6.45) is 3.29. The second-order valence-corrected chi connectivity index (χ2v) is 8.68. The SMILES string of the molecule is Cc1cccc(C)c1OCCCC(=O)N1CCC(NC(=O)Cc2cccs2)CC1. The average molecular weight is 415 g/mol. The first kappa shape index (κ1) is 21.4. The average Bonchev–Trinajstić information content (AvgIpc) is 3.20. The zero-order valence-electron chi connectivity index (χ0n) is 17.3. The lowest BCUT2D eigenvalue weighted by molar-refractivity contribution is -0.132. The van der Waals surface area contributed by atoms with Crippen molar-refractivity contribution in [3.63, 3.8) is 0 Å². The molecule has 1 N–H and O–H groups in total. The Labute approximate surface area is 177 Å².